The van der Waals surface area contributed by atoms with Crippen LogP contribution in [0.3, 0.4) is 0 Å². The number of ether oxygens (including phenoxy) is 1. The first kappa shape index (κ1) is 27.0. The lowest BCUT2D eigenvalue weighted by Gasteiger charge is -2.30. The van der Waals surface area contributed by atoms with Crippen LogP contribution in [0.15, 0.2) is 101 Å². The number of amides is 1. The van der Waals surface area contributed by atoms with E-state index in [2.05, 4.69) is 26.0 Å². The first-order valence-electron chi connectivity index (χ1n) is 13.2. The molecule has 0 N–H and O–H groups in total. The number of thioether (sulfide) groups is 2. The lowest BCUT2D eigenvalue weighted by molar-refractivity contribution is -0.115. The van der Waals surface area contributed by atoms with Crippen molar-refractivity contribution in [3.63, 3.8) is 0 Å². The molecule has 0 aliphatic carbocycles. The Morgan fingerprint density at radius 3 is 2.17 bits per heavy atom. The quantitative estimate of drug-likeness (QED) is 0.104. The molecule has 2 aromatic heterocycles. The molecule has 1 aliphatic heterocycles. The molecular weight excluding hydrogens is 555 g/mol. The lowest BCUT2D eigenvalue weighted by atomic mass is 9.95. The average molecular weight is 584 g/mol. The van der Waals surface area contributed by atoms with E-state index in [1.165, 1.54) is 27.8 Å². The topological polar surface area (TPSA) is 55.3 Å². The van der Waals surface area contributed by atoms with E-state index in [1.807, 2.05) is 78.9 Å². The Kier molecular flexibility index (Phi) is 7.94. The van der Waals surface area contributed by atoms with Crippen LogP contribution in [-0.4, -0.2) is 27.2 Å². The molecule has 0 spiro atoms. The normalized spacial score (nSPS) is 14.2. The zero-order valence-electron chi connectivity index (χ0n) is 22.4. The van der Waals surface area contributed by atoms with Gasteiger partial charge in [-0.15, -0.1) is 11.3 Å². The number of hydrogen-bond donors (Lipinski definition) is 0. The van der Waals surface area contributed by atoms with E-state index in [4.69, 9.17) is 14.7 Å². The van der Waals surface area contributed by atoms with Gasteiger partial charge in [-0.1, -0.05) is 90.3 Å². The second-order valence-corrected chi connectivity index (χ2v) is 13.2. The minimum absolute atomic E-state index is 0.000381. The number of para-hydroxylation sites is 2. The molecule has 3 heterocycles. The van der Waals surface area contributed by atoms with E-state index in [0.717, 1.165) is 43.9 Å². The van der Waals surface area contributed by atoms with Crippen LogP contribution in [0, 0.1) is 0 Å². The summed E-state index contributed by atoms with van der Waals surface area (Å²) in [5, 5.41) is 2.67. The maximum Gasteiger partial charge on any atom is 0.241 e. The Balaban J connectivity index is 1.33. The van der Waals surface area contributed by atoms with Crippen LogP contribution in [0.2, 0.25) is 0 Å². The predicted molar refractivity (Wildman–Crippen MR) is 167 cm³/mol. The van der Waals surface area contributed by atoms with Crippen LogP contribution in [0.4, 0.5) is 11.4 Å². The molecule has 0 unspecified atom stereocenters. The van der Waals surface area contributed by atoms with Gasteiger partial charge in [-0.05, 0) is 49.2 Å². The molecule has 0 radical (unpaired) electrons. The van der Waals surface area contributed by atoms with Crippen LogP contribution in [0.25, 0.3) is 10.2 Å². The minimum Gasteiger partial charge on any atom is -0.370 e. The van der Waals surface area contributed by atoms with Gasteiger partial charge in [0.2, 0.25) is 5.91 Å². The summed E-state index contributed by atoms with van der Waals surface area (Å²) in [4.78, 5) is 27.8. The molecule has 5 nitrogen and oxygen atoms in total. The third-order valence-electron chi connectivity index (χ3n) is 6.70. The van der Waals surface area contributed by atoms with E-state index in [-0.39, 0.29) is 17.3 Å². The van der Waals surface area contributed by atoms with Crippen molar-refractivity contribution in [3.8, 4) is 0 Å². The van der Waals surface area contributed by atoms with Crippen LogP contribution in [-0.2, 0) is 28.3 Å². The number of thiophene rings is 1. The molecular formula is C32H29N3O2S3. The fourth-order valence-electron chi connectivity index (χ4n) is 4.77. The molecule has 8 heteroatoms. The summed E-state index contributed by atoms with van der Waals surface area (Å²) >= 11 is 4.81. The molecule has 40 heavy (non-hydrogen) atoms. The zero-order chi connectivity index (χ0) is 27.5. The summed E-state index contributed by atoms with van der Waals surface area (Å²) in [7, 11) is 0. The lowest BCUT2D eigenvalue weighted by Crippen LogP contribution is -2.31. The van der Waals surface area contributed by atoms with Gasteiger partial charge in [-0.25, -0.2) is 9.97 Å². The minimum atomic E-state index is -0.253. The fraction of sp³-hybridized carbons (Fsp3) is 0.219. The van der Waals surface area contributed by atoms with Gasteiger partial charge in [0.1, 0.15) is 9.86 Å². The molecule has 202 valence electrons. The van der Waals surface area contributed by atoms with Crippen molar-refractivity contribution in [1.82, 2.24) is 9.97 Å². The highest BCUT2D eigenvalue weighted by atomic mass is 32.2. The molecule has 0 bridgehead atoms. The summed E-state index contributed by atoms with van der Waals surface area (Å²) < 4.78 is 6.11. The number of nitrogens with zero attached hydrogens (tertiary/aromatic N) is 3. The number of fused-ring (bicyclic) bond motifs is 3. The van der Waals surface area contributed by atoms with Crippen molar-refractivity contribution in [1.29, 1.82) is 0 Å². The Hall–Kier alpha value is -3.17. The Bertz CT molecular complexity index is 1580. The van der Waals surface area contributed by atoms with E-state index in [9.17, 15) is 4.79 Å². The standard InChI is InChI=1S/C32H29N3O2S3/c1-32(2)18-25-26(19-37-32)40-30-28(25)29(33-31(34-30)39-20-22-12-6-3-7-13-22)38-21-27(36)35(23-14-8-4-9-15-23)24-16-10-5-11-17-24/h3-17H,18-21H2,1-2H3. The number of hydrogen-bond acceptors (Lipinski definition) is 7. The van der Waals surface area contributed by atoms with Gasteiger partial charge in [0, 0.05) is 33.8 Å². The SMILES string of the molecule is CC1(C)Cc2c(sc3nc(SCc4ccccc4)nc(SCC(=O)N(c4ccccc4)c4ccccc4)c23)CO1. The van der Waals surface area contributed by atoms with Crippen molar-refractivity contribution in [2.75, 3.05) is 10.7 Å². The van der Waals surface area contributed by atoms with Crippen molar-refractivity contribution in [2.24, 2.45) is 0 Å². The largest absolute Gasteiger partial charge is 0.370 e. The van der Waals surface area contributed by atoms with Gasteiger partial charge in [0.05, 0.1) is 18.0 Å². The number of benzene rings is 3. The number of carbonyl (C=O) groups is 1. The van der Waals surface area contributed by atoms with Crippen molar-refractivity contribution in [2.45, 2.75) is 48.4 Å². The Morgan fingerprint density at radius 1 is 0.900 bits per heavy atom. The second kappa shape index (κ2) is 11.7. The van der Waals surface area contributed by atoms with Gasteiger partial charge in [-0.3, -0.25) is 9.69 Å². The fourth-order valence-corrected chi connectivity index (χ4v) is 7.76. The van der Waals surface area contributed by atoms with Gasteiger partial charge < -0.3 is 4.74 Å². The molecule has 0 fully saturated rings. The second-order valence-electron chi connectivity index (χ2n) is 10.2. The van der Waals surface area contributed by atoms with Gasteiger partial charge >= 0.3 is 0 Å². The van der Waals surface area contributed by atoms with E-state index in [0.29, 0.717) is 6.61 Å². The molecule has 3 aromatic carbocycles. The number of carbonyl (C=O) groups excluding carboxylic acids is 1. The van der Waals surface area contributed by atoms with Crippen LogP contribution >= 0.6 is 34.9 Å². The molecule has 0 atom stereocenters. The monoisotopic (exact) mass is 583 g/mol. The Morgan fingerprint density at radius 2 is 1.52 bits per heavy atom. The third-order valence-corrected chi connectivity index (χ3v) is 9.68. The van der Waals surface area contributed by atoms with E-state index < -0.39 is 0 Å². The molecule has 1 aliphatic rings. The highest BCUT2D eigenvalue weighted by molar-refractivity contribution is 8.00. The number of aromatic nitrogens is 2. The van der Waals surface area contributed by atoms with Gasteiger partial charge in [0.15, 0.2) is 5.16 Å². The summed E-state index contributed by atoms with van der Waals surface area (Å²) in [6.07, 6.45) is 0.795. The summed E-state index contributed by atoms with van der Waals surface area (Å²) in [6.45, 7) is 4.82. The number of rotatable bonds is 8. The summed E-state index contributed by atoms with van der Waals surface area (Å²) in [6, 6.07) is 30.0. The first-order chi connectivity index (χ1) is 19.5. The maximum atomic E-state index is 13.8. The van der Waals surface area contributed by atoms with Crippen molar-refractivity contribution in [3.05, 3.63) is 107 Å². The smallest absolute Gasteiger partial charge is 0.241 e. The van der Waals surface area contributed by atoms with E-state index >= 15 is 0 Å². The summed E-state index contributed by atoms with van der Waals surface area (Å²) in [5.41, 5.74) is 3.92. The predicted octanol–water partition coefficient (Wildman–Crippen LogP) is 8.29. The molecule has 6 rings (SSSR count). The summed E-state index contributed by atoms with van der Waals surface area (Å²) in [5.74, 6) is 1.04. The zero-order valence-corrected chi connectivity index (χ0v) is 24.8. The van der Waals surface area contributed by atoms with Crippen LogP contribution in [0.5, 0.6) is 0 Å². The Labute approximate surface area is 247 Å². The van der Waals surface area contributed by atoms with Crippen molar-refractivity contribution < 1.29 is 9.53 Å². The first-order valence-corrected chi connectivity index (χ1v) is 15.9. The highest BCUT2D eigenvalue weighted by Crippen LogP contribution is 2.43. The molecule has 1 amide bonds. The number of anilines is 2. The third kappa shape index (κ3) is 5.95. The molecule has 0 saturated carbocycles. The molecule has 5 aromatic rings. The van der Waals surface area contributed by atoms with Crippen LogP contribution in [0.1, 0.15) is 29.9 Å². The van der Waals surface area contributed by atoms with Crippen molar-refractivity contribution >= 4 is 62.4 Å². The maximum absolute atomic E-state index is 13.8. The van der Waals surface area contributed by atoms with Gasteiger partial charge in [-0.2, -0.15) is 0 Å². The molecule has 0 saturated heterocycles. The van der Waals surface area contributed by atoms with E-state index in [1.54, 1.807) is 28.0 Å². The highest BCUT2D eigenvalue weighted by Gasteiger charge is 2.31. The van der Waals surface area contributed by atoms with Crippen LogP contribution < -0.4 is 4.90 Å². The average Bonchev–Trinajstić information content (AvgIpc) is 3.33. The van der Waals surface area contributed by atoms with Gasteiger partial charge in [0.25, 0.3) is 0 Å².